The zero-order valence-electron chi connectivity index (χ0n) is 11.6. The van der Waals surface area contributed by atoms with E-state index >= 15 is 0 Å². The molecule has 1 fully saturated rings. The SMILES string of the molecule is CNc1nc(NC(C)C2CCOCC2)nc(OC)n1. The van der Waals surface area contributed by atoms with E-state index in [-0.39, 0.29) is 0 Å². The first-order valence-electron chi connectivity index (χ1n) is 6.55. The highest BCUT2D eigenvalue weighted by Crippen LogP contribution is 2.21. The molecule has 1 aromatic rings. The Balaban J connectivity index is 2.04. The van der Waals surface area contributed by atoms with Crippen molar-refractivity contribution in [3.63, 3.8) is 0 Å². The molecule has 1 aromatic heterocycles. The van der Waals surface area contributed by atoms with Gasteiger partial charge in [-0.1, -0.05) is 0 Å². The van der Waals surface area contributed by atoms with Crippen molar-refractivity contribution in [2.75, 3.05) is 38.0 Å². The lowest BCUT2D eigenvalue weighted by atomic mass is 9.93. The maximum atomic E-state index is 5.37. The molecule has 1 saturated heterocycles. The highest BCUT2D eigenvalue weighted by molar-refractivity contribution is 5.36. The number of nitrogens with zero attached hydrogens (tertiary/aromatic N) is 3. The Hall–Kier alpha value is -1.63. The highest BCUT2D eigenvalue weighted by Gasteiger charge is 2.21. The maximum absolute atomic E-state index is 5.37. The van der Waals surface area contributed by atoms with Crippen molar-refractivity contribution < 1.29 is 9.47 Å². The largest absolute Gasteiger partial charge is 0.467 e. The number of hydrogen-bond donors (Lipinski definition) is 2. The monoisotopic (exact) mass is 267 g/mol. The third kappa shape index (κ3) is 3.66. The molecule has 0 amide bonds. The van der Waals surface area contributed by atoms with Crippen LogP contribution in [0, 0.1) is 5.92 Å². The molecule has 0 spiro atoms. The lowest BCUT2D eigenvalue weighted by molar-refractivity contribution is 0.0621. The number of ether oxygens (including phenoxy) is 2. The zero-order chi connectivity index (χ0) is 13.7. The standard InChI is InChI=1S/C12H21N5O2/c1-8(9-4-6-19-7-5-9)14-11-15-10(13-2)16-12(17-11)18-3/h8-9H,4-7H2,1-3H3,(H2,13,14,15,16,17). The number of rotatable bonds is 5. The van der Waals surface area contributed by atoms with E-state index in [0.29, 0.717) is 29.9 Å². The first kappa shape index (κ1) is 13.8. The van der Waals surface area contributed by atoms with Crippen LogP contribution in [0.1, 0.15) is 19.8 Å². The summed E-state index contributed by atoms with van der Waals surface area (Å²) in [5.74, 6) is 1.61. The Morgan fingerprint density at radius 3 is 2.53 bits per heavy atom. The van der Waals surface area contributed by atoms with Crippen LogP contribution in [-0.2, 0) is 4.74 Å². The Kier molecular flexibility index (Phi) is 4.73. The van der Waals surface area contributed by atoms with E-state index < -0.39 is 0 Å². The van der Waals surface area contributed by atoms with Gasteiger partial charge in [0.1, 0.15) is 0 Å². The van der Waals surface area contributed by atoms with Gasteiger partial charge in [-0.3, -0.25) is 0 Å². The van der Waals surface area contributed by atoms with E-state index in [4.69, 9.17) is 9.47 Å². The van der Waals surface area contributed by atoms with Crippen LogP contribution in [0.25, 0.3) is 0 Å². The summed E-state index contributed by atoms with van der Waals surface area (Å²) in [5.41, 5.74) is 0. The highest BCUT2D eigenvalue weighted by atomic mass is 16.5. The summed E-state index contributed by atoms with van der Waals surface area (Å²) in [6, 6.07) is 0.599. The van der Waals surface area contributed by atoms with E-state index in [1.165, 1.54) is 0 Å². The summed E-state index contributed by atoms with van der Waals surface area (Å²) < 4.78 is 10.4. The summed E-state index contributed by atoms with van der Waals surface area (Å²) in [4.78, 5) is 12.6. The molecule has 2 rings (SSSR count). The van der Waals surface area contributed by atoms with Crippen molar-refractivity contribution in [1.82, 2.24) is 15.0 Å². The van der Waals surface area contributed by atoms with E-state index in [1.807, 2.05) is 0 Å². The van der Waals surface area contributed by atoms with Gasteiger partial charge in [0.2, 0.25) is 11.9 Å². The smallest absolute Gasteiger partial charge is 0.322 e. The van der Waals surface area contributed by atoms with Crippen molar-refractivity contribution in [1.29, 1.82) is 0 Å². The molecule has 1 aliphatic heterocycles. The zero-order valence-corrected chi connectivity index (χ0v) is 11.6. The van der Waals surface area contributed by atoms with Crippen molar-refractivity contribution in [2.45, 2.75) is 25.8 Å². The number of anilines is 2. The summed E-state index contributed by atoms with van der Waals surface area (Å²) in [7, 11) is 3.31. The molecule has 2 heterocycles. The molecule has 106 valence electrons. The van der Waals surface area contributed by atoms with Gasteiger partial charge in [-0.25, -0.2) is 0 Å². The molecule has 19 heavy (non-hydrogen) atoms. The van der Waals surface area contributed by atoms with E-state index in [9.17, 15) is 0 Å². The Labute approximate surface area is 113 Å². The Bertz CT molecular complexity index is 387. The molecule has 1 aliphatic rings. The Morgan fingerprint density at radius 2 is 1.89 bits per heavy atom. The summed E-state index contributed by atoms with van der Waals surface area (Å²) >= 11 is 0. The quantitative estimate of drug-likeness (QED) is 0.828. The summed E-state index contributed by atoms with van der Waals surface area (Å²) in [5, 5.41) is 6.22. The molecule has 0 saturated carbocycles. The maximum Gasteiger partial charge on any atom is 0.322 e. The molecule has 0 aromatic carbocycles. The molecule has 0 bridgehead atoms. The summed E-state index contributed by atoms with van der Waals surface area (Å²) in [6.45, 7) is 3.81. The average molecular weight is 267 g/mol. The second-order valence-electron chi connectivity index (χ2n) is 4.60. The number of aromatic nitrogens is 3. The van der Waals surface area contributed by atoms with Gasteiger partial charge in [-0.05, 0) is 25.7 Å². The van der Waals surface area contributed by atoms with Gasteiger partial charge in [0.15, 0.2) is 0 Å². The van der Waals surface area contributed by atoms with Gasteiger partial charge in [0.25, 0.3) is 0 Å². The number of nitrogens with one attached hydrogen (secondary N) is 2. The van der Waals surface area contributed by atoms with Gasteiger partial charge in [0, 0.05) is 26.3 Å². The lowest BCUT2D eigenvalue weighted by Gasteiger charge is -2.28. The minimum Gasteiger partial charge on any atom is -0.467 e. The van der Waals surface area contributed by atoms with Gasteiger partial charge in [-0.2, -0.15) is 15.0 Å². The van der Waals surface area contributed by atoms with Gasteiger partial charge < -0.3 is 20.1 Å². The van der Waals surface area contributed by atoms with Crippen LogP contribution in [0.2, 0.25) is 0 Å². The molecule has 1 unspecified atom stereocenters. The lowest BCUT2D eigenvalue weighted by Crippen LogP contribution is -2.31. The topological polar surface area (TPSA) is 81.2 Å². The summed E-state index contributed by atoms with van der Waals surface area (Å²) in [6.07, 6.45) is 2.13. The fraction of sp³-hybridized carbons (Fsp3) is 0.750. The second kappa shape index (κ2) is 6.51. The van der Waals surface area contributed by atoms with Crippen molar-refractivity contribution in [3.8, 4) is 6.01 Å². The van der Waals surface area contributed by atoms with Gasteiger partial charge >= 0.3 is 6.01 Å². The molecule has 0 radical (unpaired) electrons. The van der Waals surface area contributed by atoms with Crippen LogP contribution in [0.5, 0.6) is 6.01 Å². The number of hydrogen-bond acceptors (Lipinski definition) is 7. The third-order valence-corrected chi connectivity index (χ3v) is 3.35. The van der Waals surface area contributed by atoms with E-state index in [0.717, 1.165) is 26.1 Å². The van der Waals surface area contributed by atoms with Crippen LogP contribution in [0.15, 0.2) is 0 Å². The third-order valence-electron chi connectivity index (χ3n) is 3.35. The first-order valence-corrected chi connectivity index (χ1v) is 6.55. The minimum atomic E-state index is 0.292. The molecule has 7 nitrogen and oxygen atoms in total. The fourth-order valence-corrected chi connectivity index (χ4v) is 2.16. The van der Waals surface area contributed by atoms with Gasteiger partial charge in [0.05, 0.1) is 7.11 Å². The van der Waals surface area contributed by atoms with Crippen molar-refractivity contribution in [2.24, 2.45) is 5.92 Å². The molecular weight excluding hydrogens is 246 g/mol. The molecule has 2 N–H and O–H groups in total. The molecule has 1 atom stereocenters. The van der Waals surface area contributed by atoms with Crippen molar-refractivity contribution >= 4 is 11.9 Å². The fourth-order valence-electron chi connectivity index (χ4n) is 2.16. The van der Waals surface area contributed by atoms with E-state index in [1.54, 1.807) is 14.2 Å². The molecular formula is C12H21N5O2. The predicted molar refractivity (Wildman–Crippen MR) is 72.6 cm³/mol. The normalized spacial score (nSPS) is 17.8. The van der Waals surface area contributed by atoms with Crippen LogP contribution in [0.3, 0.4) is 0 Å². The first-order chi connectivity index (χ1) is 9.22. The van der Waals surface area contributed by atoms with Crippen LogP contribution < -0.4 is 15.4 Å². The average Bonchev–Trinajstić information content (AvgIpc) is 2.47. The predicted octanol–water partition coefficient (Wildman–Crippen LogP) is 1.15. The van der Waals surface area contributed by atoms with Crippen LogP contribution in [-0.4, -0.2) is 48.4 Å². The minimum absolute atomic E-state index is 0.292. The molecule has 0 aliphatic carbocycles. The Morgan fingerprint density at radius 1 is 1.21 bits per heavy atom. The van der Waals surface area contributed by atoms with Crippen LogP contribution >= 0.6 is 0 Å². The van der Waals surface area contributed by atoms with Crippen molar-refractivity contribution in [3.05, 3.63) is 0 Å². The van der Waals surface area contributed by atoms with Gasteiger partial charge in [-0.15, -0.1) is 0 Å². The van der Waals surface area contributed by atoms with E-state index in [2.05, 4.69) is 32.5 Å². The molecule has 7 heteroatoms. The second-order valence-corrected chi connectivity index (χ2v) is 4.60. The van der Waals surface area contributed by atoms with Crippen LogP contribution in [0.4, 0.5) is 11.9 Å². The number of methoxy groups -OCH3 is 1.